The van der Waals surface area contributed by atoms with Crippen LogP contribution in [0.4, 0.5) is 10.1 Å². The number of rotatable bonds is 6. The summed E-state index contributed by atoms with van der Waals surface area (Å²) in [5.41, 5.74) is 6.84. The van der Waals surface area contributed by atoms with E-state index in [9.17, 15) is 4.79 Å². The largest absolute Gasteiger partial charge is 0.398 e. The standard InChI is InChI=1S/C22H31FN4O2.C2H6/c1-15-12-17(19-16(18(15)24)6-5-9-25-19)20(28)26-13-22(23)7-10-27(11-8-22)14-21(2,3)29-4;1-2/h5-6,9,12H,7-8,10-11,13-14,24H2,1-4H3,(H,26,28);1-2H3. The Kier molecular flexibility index (Phi) is 8.37. The summed E-state index contributed by atoms with van der Waals surface area (Å²) in [5.74, 6) is -0.322. The van der Waals surface area contributed by atoms with Crippen LogP contribution in [-0.4, -0.2) is 60.3 Å². The summed E-state index contributed by atoms with van der Waals surface area (Å²) in [7, 11) is 1.69. The number of ether oxygens (including phenoxy) is 1. The fourth-order valence-corrected chi connectivity index (χ4v) is 3.81. The zero-order valence-corrected chi connectivity index (χ0v) is 19.7. The topological polar surface area (TPSA) is 80.5 Å². The summed E-state index contributed by atoms with van der Waals surface area (Å²) >= 11 is 0. The SMILES string of the molecule is CC.COC(C)(C)CN1CCC(F)(CNC(=O)c2cc(C)c(N)c3cccnc23)CC1. The first-order valence-electron chi connectivity index (χ1n) is 11.0. The maximum absolute atomic E-state index is 15.3. The van der Waals surface area contributed by atoms with Gasteiger partial charge in [0.05, 0.1) is 23.2 Å². The quantitative estimate of drug-likeness (QED) is 0.672. The number of fused-ring (bicyclic) bond motifs is 1. The van der Waals surface area contributed by atoms with Crippen molar-refractivity contribution in [1.29, 1.82) is 0 Å². The number of nitrogen functional groups attached to an aromatic ring is 1. The second kappa shape index (κ2) is 10.4. The number of carbonyl (C=O) groups excluding carboxylic acids is 1. The molecule has 1 amide bonds. The smallest absolute Gasteiger partial charge is 0.253 e. The molecule has 0 unspecified atom stereocenters. The molecule has 0 atom stereocenters. The van der Waals surface area contributed by atoms with Gasteiger partial charge in [-0.05, 0) is 57.4 Å². The number of piperidine rings is 1. The van der Waals surface area contributed by atoms with Crippen molar-refractivity contribution in [2.24, 2.45) is 0 Å². The highest BCUT2D eigenvalue weighted by atomic mass is 19.1. The van der Waals surface area contributed by atoms with Gasteiger partial charge in [-0.1, -0.05) is 13.8 Å². The van der Waals surface area contributed by atoms with Gasteiger partial charge in [0.15, 0.2) is 0 Å². The number of aromatic nitrogens is 1. The fourth-order valence-electron chi connectivity index (χ4n) is 3.81. The molecule has 1 aromatic carbocycles. The Morgan fingerprint density at radius 3 is 2.61 bits per heavy atom. The van der Waals surface area contributed by atoms with Crippen molar-refractivity contribution in [2.75, 3.05) is 39.0 Å². The van der Waals surface area contributed by atoms with Gasteiger partial charge in [-0.3, -0.25) is 9.78 Å². The molecule has 0 radical (unpaired) electrons. The van der Waals surface area contributed by atoms with E-state index in [4.69, 9.17) is 10.5 Å². The first kappa shape index (κ1) is 25.0. The van der Waals surface area contributed by atoms with Gasteiger partial charge in [0.1, 0.15) is 5.67 Å². The molecule has 1 fully saturated rings. The molecule has 1 aliphatic heterocycles. The first-order valence-corrected chi connectivity index (χ1v) is 11.0. The molecule has 31 heavy (non-hydrogen) atoms. The van der Waals surface area contributed by atoms with E-state index in [-0.39, 0.29) is 18.1 Å². The maximum Gasteiger partial charge on any atom is 0.253 e. The van der Waals surface area contributed by atoms with Gasteiger partial charge in [-0.15, -0.1) is 0 Å². The van der Waals surface area contributed by atoms with Crippen molar-refractivity contribution in [3.8, 4) is 0 Å². The molecular formula is C24H37FN4O2. The lowest BCUT2D eigenvalue weighted by molar-refractivity contribution is -0.0274. The number of halogens is 1. The molecule has 1 aliphatic rings. The lowest BCUT2D eigenvalue weighted by Crippen LogP contribution is -2.51. The number of aryl methyl sites for hydroxylation is 1. The van der Waals surface area contributed by atoms with Crippen molar-refractivity contribution < 1.29 is 13.9 Å². The van der Waals surface area contributed by atoms with Crippen molar-refractivity contribution in [3.63, 3.8) is 0 Å². The van der Waals surface area contributed by atoms with Gasteiger partial charge in [0.2, 0.25) is 0 Å². The zero-order valence-electron chi connectivity index (χ0n) is 19.7. The van der Waals surface area contributed by atoms with Crippen LogP contribution in [0, 0.1) is 6.92 Å². The number of amides is 1. The van der Waals surface area contributed by atoms with E-state index in [0.29, 0.717) is 42.7 Å². The Hall–Kier alpha value is -2.25. The molecule has 1 saturated heterocycles. The number of methoxy groups -OCH3 is 1. The van der Waals surface area contributed by atoms with Crippen molar-refractivity contribution >= 4 is 22.5 Å². The Labute approximate surface area is 185 Å². The van der Waals surface area contributed by atoms with Crippen LogP contribution >= 0.6 is 0 Å². The number of likely N-dealkylation sites (tertiary alicyclic amines) is 1. The molecule has 0 saturated carbocycles. The van der Waals surface area contributed by atoms with Gasteiger partial charge >= 0.3 is 0 Å². The van der Waals surface area contributed by atoms with Crippen LogP contribution in [0.2, 0.25) is 0 Å². The average molecular weight is 433 g/mol. The molecule has 3 rings (SSSR count). The number of nitrogens with two attached hydrogens (primary N) is 1. The Balaban J connectivity index is 0.00000166. The average Bonchev–Trinajstić information content (AvgIpc) is 2.78. The molecule has 6 nitrogen and oxygen atoms in total. The number of anilines is 1. The number of hydrogen-bond acceptors (Lipinski definition) is 5. The molecule has 2 aromatic rings. The second-order valence-electron chi connectivity index (χ2n) is 8.63. The van der Waals surface area contributed by atoms with E-state index in [1.54, 1.807) is 25.4 Å². The highest BCUT2D eigenvalue weighted by Crippen LogP contribution is 2.29. The molecule has 0 spiro atoms. The minimum atomic E-state index is -1.41. The molecule has 0 aliphatic carbocycles. The first-order chi connectivity index (χ1) is 14.6. The van der Waals surface area contributed by atoms with Crippen molar-refractivity contribution in [2.45, 2.75) is 58.7 Å². The van der Waals surface area contributed by atoms with Crippen LogP contribution in [0.5, 0.6) is 0 Å². The van der Waals surface area contributed by atoms with Crippen LogP contribution in [0.3, 0.4) is 0 Å². The van der Waals surface area contributed by atoms with E-state index in [1.165, 1.54) is 0 Å². The van der Waals surface area contributed by atoms with E-state index >= 15 is 4.39 Å². The Bertz CT molecular complexity index is 893. The van der Waals surface area contributed by atoms with Gasteiger partial charge in [0.25, 0.3) is 5.91 Å². The number of hydrogen-bond donors (Lipinski definition) is 2. The van der Waals surface area contributed by atoms with Gasteiger partial charge in [-0.2, -0.15) is 0 Å². The number of benzene rings is 1. The minimum absolute atomic E-state index is 0.00883. The number of nitrogens with one attached hydrogen (secondary N) is 1. The molecule has 0 bridgehead atoms. The second-order valence-corrected chi connectivity index (χ2v) is 8.63. The van der Waals surface area contributed by atoms with Crippen LogP contribution in [0.25, 0.3) is 10.9 Å². The third-order valence-corrected chi connectivity index (χ3v) is 5.86. The van der Waals surface area contributed by atoms with E-state index in [0.717, 1.165) is 17.5 Å². The van der Waals surface area contributed by atoms with Crippen LogP contribution in [0.1, 0.15) is 56.5 Å². The lowest BCUT2D eigenvalue weighted by Gasteiger charge is -2.39. The summed E-state index contributed by atoms with van der Waals surface area (Å²) < 4.78 is 20.8. The molecule has 172 valence electrons. The third kappa shape index (κ3) is 6.14. The predicted octanol–water partition coefficient (Wildman–Crippen LogP) is 4.11. The number of nitrogens with zero attached hydrogens (tertiary/aromatic N) is 2. The Morgan fingerprint density at radius 2 is 2.00 bits per heavy atom. The van der Waals surface area contributed by atoms with Gasteiger partial charge in [-0.25, -0.2) is 4.39 Å². The van der Waals surface area contributed by atoms with Crippen LogP contribution in [0.15, 0.2) is 24.4 Å². The number of pyridine rings is 1. The normalized spacial score (nSPS) is 16.5. The highest BCUT2D eigenvalue weighted by Gasteiger charge is 2.36. The van der Waals surface area contributed by atoms with Crippen LogP contribution < -0.4 is 11.1 Å². The summed E-state index contributed by atoms with van der Waals surface area (Å²) in [6, 6.07) is 5.35. The zero-order chi connectivity index (χ0) is 23.2. The monoisotopic (exact) mass is 432 g/mol. The van der Waals surface area contributed by atoms with E-state index in [1.807, 2.05) is 40.7 Å². The fraction of sp³-hybridized carbons (Fsp3) is 0.583. The molecule has 1 aromatic heterocycles. The van der Waals surface area contributed by atoms with E-state index < -0.39 is 5.67 Å². The summed E-state index contributed by atoms with van der Waals surface area (Å²) in [5, 5.41) is 3.52. The highest BCUT2D eigenvalue weighted by molar-refractivity contribution is 6.09. The lowest BCUT2D eigenvalue weighted by atomic mass is 9.92. The molecule has 3 N–H and O–H groups in total. The van der Waals surface area contributed by atoms with Gasteiger partial charge < -0.3 is 20.7 Å². The maximum atomic E-state index is 15.3. The number of carbonyl (C=O) groups is 1. The summed E-state index contributed by atoms with van der Waals surface area (Å²) in [6.45, 7) is 11.9. The number of alkyl halides is 1. The summed E-state index contributed by atoms with van der Waals surface area (Å²) in [4.78, 5) is 19.3. The molecular weight excluding hydrogens is 395 g/mol. The molecule has 2 heterocycles. The van der Waals surface area contributed by atoms with Crippen molar-refractivity contribution in [3.05, 3.63) is 35.5 Å². The minimum Gasteiger partial charge on any atom is -0.398 e. The van der Waals surface area contributed by atoms with Crippen LogP contribution in [-0.2, 0) is 4.74 Å². The summed E-state index contributed by atoms with van der Waals surface area (Å²) in [6.07, 6.45) is 2.39. The third-order valence-electron chi connectivity index (χ3n) is 5.86. The van der Waals surface area contributed by atoms with E-state index in [2.05, 4.69) is 15.2 Å². The molecule has 7 heteroatoms. The van der Waals surface area contributed by atoms with Gasteiger partial charge in [0, 0.05) is 44.0 Å². The van der Waals surface area contributed by atoms with Crippen molar-refractivity contribution in [1.82, 2.24) is 15.2 Å². The Morgan fingerprint density at radius 1 is 1.35 bits per heavy atom. The predicted molar refractivity (Wildman–Crippen MR) is 125 cm³/mol.